The summed E-state index contributed by atoms with van der Waals surface area (Å²) in [7, 11) is 1.45. The Kier molecular flexibility index (Phi) is 4.47. The topological polar surface area (TPSA) is 50.5 Å². The third-order valence-corrected chi connectivity index (χ3v) is 3.76. The van der Waals surface area contributed by atoms with Gasteiger partial charge in [-0.2, -0.15) is 0 Å². The number of ether oxygens (including phenoxy) is 1. The summed E-state index contributed by atoms with van der Waals surface area (Å²) < 4.78 is 18.4. The van der Waals surface area contributed by atoms with Gasteiger partial charge in [0.1, 0.15) is 0 Å². The largest absolute Gasteiger partial charge is 0.494 e. The fourth-order valence-electron chi connectivity index (χ4n) is 2.65. The normalized spacial score (nSPS) is 19.6. The molecule has 1 heterocycles. The quantitative estimate of drug-likeness (QED) is 0.804. The van der Waals surface area contributed by atoms with Crippen LogP contribution < -0.4 is 15.8 Å². The van der Waals surface area contributed by atoms with Gasteiger partial charge in [-0.05, 0) is 25.9 Å². The van der Waals surface area contributed by atoms with Gasteiger partial charge in [0.25, 0.3) is 0 Å². The van der Waals surface area contributed by atoms with Crippen LogP contribution in [-0.2, 0) is 0 Å². The van der Waals surface area contributed by atoms with E-state index in [1.165, 1.54) is 26.0 Å². The molecule has 0 radical (unpaired) electrons. The van der Waals surface area contributed by atoms with E-state index < -0.39 is 5.82 Å². The number of hydrogen-bond donors (Lipinski definition) is 2. The number of rotatable bonds is 5. The summed E-state index contributed by atoms with van der Waals surface area (Å²) in [4.78, 5) is 2.45. The maximum atomic E-state index is 13.4. The number of nitrogens with one attached hydrogen (secondary N) is 1. The Morgan fingerprint density at radius 2 is 2.32 bits per heavy atom. The van der Waals surface area contributed by atoms with Crippen LogP contribution in [0.3, 0.4) is 0 Å². The molecule has 106 valence electrons. The second-order valence-corrected chi connectivity index (χ2v) is 4.88. The summed E-state index contributed by atoms with van der Waals surface area (Å²) in [5.74, 6) is -0.211. The first-order valence-electron chi connectivity index (χ1n) is 6.76. The molecule has 1 aromatic rings. The van der Waals surface area contributed by atoms with Gasteiger partial charge in [0.15, 0.2) is 11.6 Å². The highest BCUT2D eigenvalue weighted by molar-refractivity contribution is 5.68. The summed E-state index contributed by atoms with van der Waals surface area (Å²) in [6.45, 7) is 5.22. The molecule has 0 aliphatic carbocycles. The zero-order valence-corrected chi connectivity index (χ0v) is 11.6. The number of hydrogen-bond acceptors (Lipinski definition) is 4. The van der Waals surface area contributed by atoms with Gasteiger partial charge in [0.2, 0.25) is 0 Å². The third kappa shape index (κ3) is 3.10. The van der Waals surface area contributed by atoms with Gasteiger partial charge in [0.05, 0.1) is 18.5 Å². The predicted molar refractivity (Wildman–Crippen MR) is 76.1 cm³/mol. The second-order valence-electron chi connectivity index (χ2n) is 4.88. The fourth-order valence-corrected chi connectivity index (χ4v) is 2.65. The lowest BCUT2D eigenvalue weighted by Crippen LogP contribution is -2.34. The smallest absolute Gasteiger partial charge is 0.167 e. The molecule has 1 fully saturated rings. The highest BCUT2D eigenvalue weighted by Crippen LogP contribution is 2.28. The molecule has 1 aliphatic rings. The number of halogens is 1. The van der Waals surface area contributed by atoms with Crippen molar-refractivity contribution in [3.8, 4) is 5.75 Å². The average molecular weight is 267 g/mol. The molecule has 1 saturated heterocycles. The number of nitrogens with two attached hydrogens (primary N) is 1. The van der Waals surface area contributed by atoms with Crippen molar-refractivity contribution >= 4 is 11.4 Å². The van der Waals surface area contributed by atoms with E-state index in [1.54, 1.807) is 6.07 Å². The molecule has 4 nitrogen and oxygen atoms in total. The van der Waals surface area contributed by atoms with Gasteiger partial charge >= 0.3 is 0 Å². The van der Waals surface area contributed by atoms with Crippen LogP contribution in [0.15, 0.2) is 12.1 Å². The zero-order chi connectivity index (χ0) is 13.8. The van der Waals surface area contributed by atoms with E-state index in [1.807, 2.05) is 0 Å². The molecule has 0 bridgehead atoms. The lowest BCUT2D eigenvalue weighted by Gasteiger charge is -2.24. The molecule has 5 heteroatoms. The van der Waals surface area contributed by atoms with E-state index in [-0.39, 0.29) is 5.75 Å². The zero-order valence-electron chi connectivity index (χ0n) is 11.6. The molecule has 0 amide bonds. The van der Waals surface area contributed by atoms with Crippen LogP contribution in [0, 0.1) is 5.82 Å². The molecule has 1 aliphatic heterocycles. The van der Waals surface area contributed by atoms with Crippen molar-refractivity contribution in [2.75, 3.05) is 37.8 Å². The van der Waals surface area contributed by atoms with Gasteiger partial charge in [-0.1, -0.05) is 6.92 Å². The Labute approximate surface area is 113 Å². The van der Waals surface area contributed by atoms with E-state index in [4.69, 9.17) is 10.5 Å². The summed E-state index contributed by atoms with van der Waals surface area (Å²) in [5, 5.41) is 3.31. The van der Waals surface area contributed by atoms with Gasteiger partial charge in [-0.25, -0.2) is 4.39 Å². The fraction of sp³-hybridized carbons (Fsp3) is 0.571. The first-order chi connectivity index (χ1) is 9.15. The SMILES string of the molecule is CCN1CCCC1CNc1cc(OC)c(F)cc1N. The first kappa shape index (κ1) is 13.9. The highest BCUT2D eigenvalue weighted by Gasteiger charge is 2.22. The van der Waals surface area contributed by atoms with Crippen molar-refractivity contribution in [3.63, 3.8) is 0 Å². The van der Waals surface area contributed by atoms with Crippen LogP contribution in [0.4, 0.5) is 15.8 Å². The lowest BCUT2D eigenvalue weighted by molar-refractivity contribution is 0.277. The summed E-state index contributed by atoms with van der Waals surface area (Å²) in [6.07, 6.45) is 2.43. The summed E-state index contributed by atoms with van der Waals surface area (Å²) >= 11 is 0. The van der Waals surface area contributed by atoms with Crippen molar-refractivity contribution in [1.82, 2.24) is 4.90 Å². The van der Waals surface area contributed by atoms with Crippen molar-refractivity contribution < 1.29 is 9.13 Å². The number of nitrogen functional groups attached to an aromatic ring is 1. The maximum Gasteiger partial charge on any atom is 0.167 e. The number of benzene rings is 1. The molecule has 1 unspecified atom stereocenters. The third-order valence-electron chi connectivity index (χ3n) is 3.76. The van der Waals surface area contributed by atoms with Gasteiger partial charge in [-0.15, -0.1) is 0 Å². The van der Waals surface area contributed by atoms with Gasteiger partial charge in [0, 0.05) is 24.7 Å². The molecule has 0 spiro atoms. The highest BCUT2D eigenvalue weighted by atomic mass is 19.1. The Balaban J connectivity index is 2.03. The van der Waals surface area contributed by atoms with Crippen molar-refractivity contribution in [3.05, 3.63) is 17.9 Å². The maximum absolute atomic E-state index is 13.4. The molecule has 2 rings (SSSR count). The van der Waals surface area contributed by atoms with E-state index in [0.29, 0.717) is 11.7 Å². The van der Waals surface area contributed by atoms with Crippen LogP contribution in [0.1, 0.15) is 19.8 Å². The minimum absolute atomic E-state index is 0.218. The van der Waals surface area contributed by atoms with Gasteiger partial charge < -0.3 is 15.8 Å². The molecule has 19 heavy (non-hydrogen) atoms. The Hall–Kier alpha value is -1.49. The number of anilines is 2. The Morgan fingerprint density at radius 1 is 1.53 bits per heavy atom. The van der Waals surface area contributed by atoms with Crippen LogP contribution in [0.2, 0.25) is 0 Å². The monoisotopic (exact) mass is 267 g/mol. The molecule has 0 aromatic heterocycles. The number of methoxy groups -OCH3 is 1. The summed E-state index contributed by atoms with van der Waals surface area (Å²) in [5.41, 5.74) is 6.98. The lowest BCUT2D eigenvalue weighted by atomic mass is 10.2. The van der Waals surface area contributed by atoms with Crippen molar-refractivity contribution in [2.45, 2.75) is 25.8 Å². The molecular formula is C14H22FN3O. The molecular weight excluding hydrogens is 245 g/mol. The second kappa shape index (κ2) is 6.10. The number of likely N-dealkylation sites (tertiary alicyclic amines) is 1. The molecule has 1 aromatic carbocycles. The number of likely N-dealkylation sites (N-methyl/N-ethyl adjacent to an activating group) is 1. The molecule has 0 saturated carbocycles. The Bertz CT molecular complexity index is 439. The predicted octanol–water partition coefficient (Wildman–Crippen LogP) is 2.31. The Morgan fingerprint density at radius 3 is 3.00 bits per heavy atom. The average Bonchev–Trinajstić information content (AvgIpc) is 2.85. The van der Waals surface area contributed by atoms with Crippen molar-refractivity contribution in [2.24, 2.45) is 0 Å². The van der Waals surface area contributed by atoms with Crippen LogP contribution >= 0.6 is 0 Å². The minimum Gasteiger partial charge on any atom is -0.494 e. The van der Waals surface area contributed by atoms with Crippen LogP contribution in [0.5, 0.6) is 5.75 Å². The molecule has 1 atom stereocenters. The van der Waals surface area contributed by atoms with E-state index >= 15 is 0 Å². The van der Waals surface area contributed by atoms with Crippen molar-refractivity contribution in [1.29, 1.82) is 0 Å². The standard InChI is InChI=1S/C14H22FN3O/c1-3-18-6-4-5-10(18)9-17-13-8-14(19-2)11(15)7-12(13)16/h7-8,10,17H,3-6,9,16H2,1-2H3. The first-order valence-corrected chi connectivity index (χ1v) is 6.76. The van der Waals surface area contributed by atoms with Crippen LogP contribution in [-0.4, -0.2) is 37.7 Å². The van der Waals surface area contributed by atoms with E-state index in [2.05, 4.69) is 17.1 Å². The van der Waals surface area contributed by atoms with E-state index in [9.17, 15) is 4.39 Å². The summed E-state index contributed by atoms with van der Waals surface area (Å²) in [6, 6.07) is 3.45. The molecule has 3 N–H and O–H groups in total. The van der Waals surface area contributed by atoms with E-state index in [0.717, 1.165) is 25.3 Å². The minimum atomic E-state index is -0.429. The van der Waals surface area contributed by atoms with Crippen LogP contribution in [0.25, 0.3) is 0 Å². The van der Waals surface area contributed by atoms with Gasteiger partial charge in [-0.3, -0.25) is 4.90 Å². The number of nitrogens with zero attached hydrogens (tertiary/aromatic N) is 1.